The van der Waals surface area contributed by atoms with Crippen molar-refractivity contribution in [1.82, 2.24) is 14.6 Å². The van der Waals surface area contributed by atoms with Gasteiger partial charge in [-0.1, -0.05) is 12.1 Å². The molecule has 1 fully saturated rings. The van der Waals surface area contributed by atoms with Gasteiger partial charge < -0.3 is 9.32 Å². The first-order valence-electron chi connectivity index (χ1n) is 9.81. The first-order valence-corrected chi connectivity index (χ1v) is 11.3. The normalized spacial score (nSPS) is 15.6. The molecular formula is C21H22FN3O4S. The third-order valence-electron chi connectivity index (χ3n) is 5.26. The van der Waals surface area contributed by atoms with Crippen LogP contribution in [0.3, 0.4) is 0 Å². The van der Waals surface area contributed by atoms with E-state index in [9.17, 15) is 17.6 Å². The Labute approximate surface area is 173 Å². The lowest BCUT2D eigenvalue weighted by Gasteiger charge is -2.30. The summed E-state index contributed by atoms with van der Waals surface area (Å²) in [5.74, 6) is 0.256. The molecule has 2 aromatic carbocycles. The highest BCUT2D eigenvalue weighted by molar-refractivity contribution is 7.89. The van der Waals surface area contributed by atoms with Gasteiger partial charge in [-0.15, -0.1) is 0 Å². The van der Waals surface area contributed by atoms with E-state index in [4.69, 9.17) is 4.42 Å². The molecule has 1 aliphatic rings. The van der Waals surface area contributed by atoms with Gasteiger partial charge in [0.1, 0.15) is 11.3 Å². The van der Waals surface area contributed by atoms with Crippen molar-refractivity contribution in [3.05, 3.63) is 60.2 Å². The Morgan fingerprint density at radius 3 is 2.53 bits per heavy atom. The molecule has 0 bridgehead atoms. The van der Waals surface area contributed by atoms with E-state index in [1.807, 2.05) is 24.3 Å². The molecule has 0 spiro atoms. The first kappa shape index (κ1) is 20.5. The Morgan fingerprint density at radius 1 is 1.13 bits per heavy atom. The van der Waals surface area contributed by atoms with Crippen LogP contribution in [0.4, 0.5) is 4.39 Å². The van der Waals surface area contributed by atoms with E-state index in [2.05, 4.69) is 9.71 Å². The van der Waals surface area contributed by atoms with Gasteiger partial charge >= 0.3 is 0 Å². The van der Waals surface area contributed by atoms with Crippen LogP contribution in [-0.2, 0) is 14.8 Å². The Morgan fingerprint density at radius 2 is 1.83 bits per heavy atom. The molecule has 1 N–H and O–H groups in total. The van der Waals surface area contributed by atoms with Crippen LogP contribution < -0.4 is 4.72 Å². The number of likely N-dealkylation sites (tertiary alicyclic amines) is 1. The summed E-state index contributed by atoms with van der Waals surface area (Å²) in [5, 5.41) is 0. The van der Waals surface area contributed by atoms with Gasteiger partial charge in [0, 0.05) is 32.0 Å². The Balaban J connectivity index is 1.26. The van der Waals surface area contributed by atoms with Crippen molar-refractivity contribution in [1.29, 1.82) is 0 Å². The summed E-state index contributed by atoms with van der Waals surface area (Å²) in [6.45, 7) is 1.14. The Hall–Kier alpha value is -2.78. The van der Waals surface area contributed by atoms with Crippen LogP contribution in [-0.4, -0.2) is 43.8 Å². The fraction of sp³-hybridized carbons (Fsp3) is 0.333. The van der Waals surface area contributed by atoms with E-state index >= 15 is 0 Å². The van der Waals surface area contributed by atoms with E-state index in [1.54, 1.807) is 4.90 Å². The largest absolute Gasteiger partial charge is 0.440 e. The monoisotopic (exact) mass is 431 g/mol. The number of carbonyl (C=O) groups is 1. The molecule has 3 aromatic rings. The van der Waals surface area contributed by atoms with Gasteiger partial charge in [-0.05, 0) is 49.2 Å². The van der Waals surface area contributed by atoms with Crippen LogP contribution in [0, 0.1) is 5.82 Å². The van der Waals surface area contributed by atoms with Crippen molar-refractivity contribution in [2.75, 3.05) is 19.6 Å². The molecule has 158 valence electrons. The van der Waals surface area contributed by atoms with Gasteiger partial charge in [0.05, 0.1) is 4.90 Å². The number of hydrogen-bond acceptors (Lipinski definition) is 5. The Kier molecular flexibility index (Phi) is 5.83. The number of hydrogen-bond donors (Lipinski definition) is 1. The zero-order valence-electron chi connectivity index (χ0n) is 16.3. The lowest BCUT2D eigenvalue weighted by molar-refractivity contribution is -0.132. The number of rotatable bonds is 6. The van der Waals surface area contributed by atoms with Crippen LogP contribution in [0.5, 0.6) is 0 Å². The third kappa shape index (κ3) is 4.52. The molecule has 0 atom stereocenters. The number of halogens is 1. The predicted molar refractivity (Wildman–Crippen MR) is 109 cm³/mol. The van der Waals surface area contributed by atoms with E-state index in [0.29, 0.717) is 19.0 Å². The van der Waals surface area contributed by atoms with E-state index < -0.39 is 15.8 Å². The summed E-state index contributed by atoms with van der Waals surface area (Å²) in [6, 6.07) is 12.2. The Bertz CT molecular complexity index is 1100. The number of amides is 1. The second kappa shape index (κ2) is 8.53. The molecule has 30 heavy (non-hydrogen) atoms. The number of para-hydroxylation sites is 2. The molecule has 0 radical (unpaired) electrons. The maximum atomic E-state index is 13.0. The molecule has 7 nitrogen and oxygen atoms in total. The fourth-order valence-electron chi connectivity index (χ4n) is 3.59. The molecule has 4 rings (SSSR count). The van der Waals surface area contributed by atoms with Gasteiger partial charge in [0.15, 0.2) is 11.5 Å². The van der Waals surface area contributed by atoms with Crippen LogP contribution in [0.15, 0.2) is 57.8 Å². The van der Waals surface area contributed by atoms with Crippen molar-refractivity contribution in [3.8, 4) is 0 Å². The number of carbonyl (C=O) groups excluding carboxylic acids is 1. The van der Waals surface area contributed by atoms with Crippen molar-refractivity contribution < 1.29 is 22.0 Å². The number of sulfonamides is 1. The van der Waals surface area contributed by atoms with Crippen LogP contribution >= 0.6 is 0 Å². The summed E-state index contributed by atoms with van der Waals surface area (Å²) >= 11 is 0. The average molecular weight is 431 g/mol. The van der Waals surface area contributed by atoms with Crippen LogP contribution in [0.1, 0.15) is 31.1 Å². The number of aromatic nitrogens is 1. The number of oxazole rings is 1. The van der Waals surface area contributed by atoms with Crippen LogP contribution in [0.2, 0.25) is 0 Å². The van der Waals surface area contributed by atoms with Gasteiger partial charge in [-0.2, -0.15) is 0 Å². The second-order valence-electron chi connectivity index (χ2n) is 7.28. The predicted octanol–water partition coefficient (Wildman–Crippen LogP) is 3.04. The zero-order valence-corrected chi connectivity index (χ0v) is 17.1. The lowest BCUT2D eigenvalue weighted by atomic mass is 9.96. The maximum absolute atomic E-state index is 13.0. The van der Waals surface area contributed by atoms with Gasteiger partial charge in [0.2, 0.25) is 15.9 Å². The molecule has 0 unspecified atom stereocenters. The molecular weight excluding hydrogens is 409 g/mol. The highest BCUT2D eigenvalue weighted by Crippen LogP contribution is 2.30. The number of fused-ring (bicyclic) bond motifs is 1. The van der Waals surface area contributed by atoms with E-state index in [1.165, 1.54) is 12.1 Å². The smallest absolute Gasteiger partial charge is 0.240 e. The summed E-state index contributed by atoms with van der Waals surface area (Å²) in [5.41, 5.74) is 1.60. The number of benzene rings is 2. The van der Waals surface area contributed by atoms with E-state index in [-0.39, 0.29) is 29.7 Å². The molecule has 0 saturated carbocycles. The third-order valence-corrected chi connectivity index (χ3v) is 6.74. The molecule has 1 aromatic heterocycles. The molecule has 1 aliphatic heterocycles. The van der Waals surface area contributed by atoms with Crippen molar-refractivity contribution in [2.24, 2.45) is 0 Å². The van der Waals surface area contributed by atoms with E-state index in [0.717, 1.165) is 36.1 Å². The summed E-state index contributed by atoms with van der Waals surface area (Å²) < 4.78 is 45.6. The minimum atomic E-state index is -3.77. The molecule has 2 heterocycles. The highest BCUT2D eigenvalue weighted by atomic mass is 32.2. The summed E-state index contributed by atoms with van der Waals surface area (Å²) in [6.07, 6.45) is 1.56. The quantitative estimate of drug-likeness (QED) is 0.648. The van der Waals surface area contributed by atoms with Gasteiger partial charge in [-0.25, -0.2) is 22.5 Å². The second-order valence-corrected chi connectivity index (χ2v) is 9.04. The molecule has 9 heteroatoms. The van der Waals surface area contributed by atoms with Crippen molar-refractivity contribution >= 4 is 27.0 Å². The van der Waals surface area contributed by atoms with Gasteiger partial charge in [-0.3, -0.25) is 4.79 Å². The topological polar surface area (TPSA) is 92.5 Å². The average Bonchev–Trinajstić information content (AvgIpc) is 3.18. The minimum Gasteiger partial charge on any atom is -0.440 e. The maximum Gasteiger partial charge on any atom is 0.240 e. The number of nitrogens with zero attached hydrogens (tertiary/aromatic N) is 2. The van der Waals surface area contributed by atoms with Crippen LogP contribution in [0.25, 0.3) is 11.1 Å². The SMILES string of the molecule is O=C(CCNS(=O)(=O)c1ccc(F)cc1)N1CCC(c2nc3ccccc3o2)CC1. The van der Waals surface area contributed by atoms with Crippen molar-refractivity contribution in [3.63, 3.8) is 0 Å². The summed E-state index contributed by atoms with van der Waals surface area (Å²) in [4.78, 5) is 18.7. The lowest BCUT2D eigenvalue weighted by Crippen LogP contribution is -2.39. The highest BCUT2D eigenvalue weighted by Gasteiger charge is 2.27. The summed E-state index contributed by atoms with van der Waals surface area (Å²) in [7, 11) is -3.77. The zero-order chi connectivity index (χ0) is 21.1. The standard InChI is InChI=1S/C21H22FN3O4S/c22-16-5-7-17(8-6-16)30(27,28)23-12-9-20(26)25-13-10-15(11-14-25)21-24-18-3-1-2-4-19(18)29-21/h1-8,15,23H,9-14H2. The minimum absolute atomic E-state index is 0.0103. The fourth-order valence-corrected chi connectivity index (χ4v) is 4.62. The number of nitrogens with one attached hydrogen (secondary N) is 1. The van der Waals surface area contributed by atoms with Crippen molar-refractivity contribution in [2.45, 2.75) is 30.1 Å². The van der Waals surface area contributed by atoms with Gasteiger partial charge in [0.25, 0.3) is 0 Å². The number of piperidine rings is 1. The first-order chi connectivity index (χ1) is 14.4. The molecule has 1 amide bonds. The molecule has 0 aliphatic carbocycles. The molecule has 1 saturated heterocycles.